The Morgan fingerprint density at radius 1 is 1.32 bits per heavy atom. The summed E-state index contributed by atoms with van der Waals surface area (Å²) in [6.07, 6.45) is 4.04. The van der Waals surface area contributed by atoms with Gasteiger partial charge in [-0.1, -0.05) is 29.8 Å². The summed E-state index contributed by atoms with van der Waals surface area (Å²) in [6.45, 7) is 2.78. The van der Waals surface area contributed by atoms with Gasteiger partial charge in [0.2, 0.25) is 0 Å². The molecule has 0 bridgehead atoms. The summed E-state index contributed by atoms with van der Waals surface area (Å²) in [5.41, 5.74) is 3.12. The third-order valence-electron chi connectivity index (χ3n) is 3.51. The van der Waals surface area contributed by atoms with E-state index in [0.717, 1.165) is 12.8 Å². The molecule has 1 aliphatic carbocycles. The van der Waals surface area contributed by atoms with Crippen molar-refractivity contribution in [1.82, 2.24) is 9.88 Å². The highest BCUT2D eigenvalue weighted by molar-refractivity contribution is 5.92. The van der Waals surface area contributed by atoms with E-state index < -0.39 is 0 Å². The van der Waals surface area contributed by atoms with Gasteiger partial charge in [-0.15, -0.1) is 0 Å². The molecule has 0 aliphatic heterocycles. The minimum atomic E-state index is 0.106. The normalized spacial score (nSPS) is 14.4. The van der Waals surface area contributed by atoms with E-state index in [4.69, 9.17) is 0 Å². The van der Waals surface area contributed by atoms with Gasteiger partial charge in [-0.2, -0.15) is 0 Å². The fourth-order valence-electron chi connectivity index (χ4n) is 2.38. The number of rotatable bonds is 4. The molecule has 1 aliphatic rings. The van der Waals surface area contributed by atoms with Crippen LogP contribution in [-0.4, -0.2) is 21.8 Å². The predicted molar refractivity (Wildman–Crippen MR) is 74.9 cm³/mol. The van der Waals surface area contributed by atoms with Crippen molar-refractivity contribution in [2.75, 3.05) is 0 Å². The molecule has 3 heteroatoms. The molecular weight excluding hydrogens is 236 g/mol. The first-order valence-electron chi connectivity index (χ1n) is 6.74. The van der Waals surface area contributed by atoms with Crippen molar-refractivity contribution in [3.8, 4) is 0 Å². The Morgan fingerprint density at radius 3 is 2.79 bits per heavy atom. The maximum atomic E-state index is 12.5. The topological polar surface area (TPSA) is 36.1 Å². The Balaban J connectivity index is 1.80. The molecule has 1 amide bonds. The monoisotopic (exact) mass is 254 g/mol. The molecule has 2 aromatic rings. The van der Waals surface area contributed by atoms with Crippen LogP contribution >= 0.6 is 0 Å². The lowest BCUT2D eigenvalue weighted by Crippen LogP contribution is -2.32. The average Bonchev–Trinajstić information content (AvgIpc) is 3.09. The smallest absolute Gasteiger partial charge is 0.270 e. The first-order valence-corrected chi connectivity index (χ1v) is 6.74. The van der Waals surface area contributed by atoms with E-state index in [2.05, 4.69) is 36.2 Å². The molecule has 1 heterocycles. The van der Waals surface area contributed by atoms with E-state index in [1.165, 1.54) is 11.1 Å². The van der Waals surface area contributed by atoms with Gasteiger partial charge in [0.05, 0.1) is 0 Å². The van der Waals surface area contributed by atoms with Gasteiger partial charge in [0.25, 0.3) is 5.91 Å². The largest absolute Gasteiger partial charge is 0.357 e. The fourth-order valence-corrected chi connectivity index (χ4v) is 2.38. The summed E-state index contributed by atoms with van der Waals surface area (Å²) >= 11 is 0. The molecule has 3 rings (SSSR count). The molecule has 19 heavy (non-hydrogen) atoms. The first kappa shape index (κ1) is 12.0. The number of H-pyrrole nitrogens is 1. The maximum Gasteiger partial charge on any atom is 0.270 e. The van der Waals surface area contributed by atoms with E-state index in [1.54, 1.807) is 6.20 Å². The number of hydrogen-bond donors (Lipinski definition) is 1. The summed E-state index contributed by atoms with van der Waals surface area (Å²) in [7, 11) is 0. The van der Waals surface area contributed by atoms with Gasteiger partial charge < -0.3 is 9.88 Å². The Bertz CT molecular complexity index is 570. The molecule has 0 spiro atoms. The minimum absolute atomic E-state index is 0.106. The van der Waals surface area contributed by atoms with Crippen molar-refractivity contribution in [2.24, 2.45) is 0 Å². The molecule has 1 fully saturated rings. The number of amides is 1. The van der Waals surface area contributed by atoms with Crippen LogP contribution in [0, 0.1) is 6.92 Å². The zero-order valence-electron chi connectivity index (χ0n) is 11.1. The maximum absolute atomic E-state index is 12.5. The molecule has 0 atom stereocenters. The Labute approximate surface area is 113 Å². The van der Waals surface area contributed by atoms with E-state index >= 15 is 0 Å². The Hall–Kier alpha value is -2.03. The molecule has 98 valence electrons. The van der Waals surface area contributed by atoms with Crippen LogP contribution in [0.1, 0.15) is 34.5 Å². The number of nitrogens with one attached hydrogen (secondary N) is 1. The molecule has 1 aromatic carbocycles. The predicted octanol–water partition coefficient (Wildman–Crippen LogP) is 3.13. The van der Waals surface area contributed by atoms with Gasteiger partial charge in [0.1, 0.15) is 5.69 Å². The third-order valence-corrected chi connectivity index (χ3v) is 3.51. The highest BCUT2D eigenvalue weighted by Crippen LogP contribution is 2.29. The molecule has 1 saturated carbocycles. The van der Waals surface area contributed by atoms with Gasteiger partial charge in [0.15, 0.2) is 0 Å². The molecule has 1 N–H and O–H groups in total. The third kappa shape index (κ3) is 2.70. The van der Waals surface area contributed by atoms with Crippen LogP contribution < -0.4 is 0 Å². The SMILES string of the molecule is Cc1cccc(CN(C(=O)c2ccc[nH]2)C2CC2)c1. The molecule has 0 unspecified atom stereocenters. The lowest BCUT2D eigenvalue weighted by atomic mass is 10.1. The van der Waals surface area contributed by atoms with Gasteiger partial charge in [-0.25, -0.2) is 0 Å². The molecule has 0 saturated heterocycles. The summed E-state index contributed by atoms with van der Waals surface area (Å²) in [5.74, 6) is 0.106. The number of aromatic nitrogens is 1. The van der Waals surface area contributed by atoms with E-state index in [-0.39, 0.29) is 5.91 Å². The average molecular weight is 254 g/mol. The second kappa shape index (κ2) is 4.92. The van der Waals surface area contributed by atoms with E-state index in [1.807, 2.05) is 17.0 Å². The van der Waals surface area contributed by atoms with Crippen LogP contribution in [0.5, 0.6) is 0 Å². The number of aryl methyl sites for hydroxylation is 1. The van der Waals surface area contributed by atoms with E-state index in [0.29, 0.717) is 18.3 Å². The molecule has 3 nitrogen and oxygen atoms in total. The summed E-state index contributed by atoms with van der Waals surface area (Å²) in [4.78, 5) is 17.5. The quantitative estimate of drug-likeness (QED) is 0.894. The van der Waals surface area contributed by atoms with Gasteiger partial charge in [-0.3, -0.25) is 4.79 Å². The van der Waals surface area contributed by atoms with Crippen LogP contribution in [0.2, 0.25) is 0 Å². The highest BCUT2D eigenvalue weighted by atomic mass is 16.2. The number of hydrogen-bond acceptors (Lipinski definition) is 1. The summed E-state index contributed by atoms with van der Waals surface area (Å²) < 4.78 is 0. The summed E-state index contributed by atoms with van der Waals surface area (Å²) in [6, 6.07) is 12.5. The van der Waals surface area contributed by atoms with Crippen molar-refractivity contribution in [1.29, 1.82) is 0 Å². The lowest BCUT2D eigenvalue weighted by molar-refractivity contribution is 0.0724. The summed E-state index contributed by atoms with van der Waals surface area (Å²) in [5, 5.41) is 0. The van der Waals surface area contributed by atoms with Crippen molar-refractivity contribution in [3.63, 3.8) is 0 Å². The number of aromatic amines is 1. The van der Waals surface area contributed by atoms with Crippen molar-refractivity contribution >= 4 is 5.91 Å². The van der Waals surface area contributed by atoms with Crippen LogP contribution in [0.4, 0.5) is 0 Å². The molecular formula is C16H18N2O. The Morgan fingerprint density at radius 2 is 2.16 bits per heavy atom. The van der Waals surface area contributed by atoms with Gasteiger partial charge >= 0.3 is 0 Å². The molecule has 0 radical (unpaired) electrons. The van der Waals surface area contributed by atoms with Crippen LogP contribution in [0.3, 0.4) is 0 Å². The highest BCUT2D eigenvalue weighted by Gasteiger charge is 2.33. The number of carbonyl (C=O) groups excluding carboxylic acids is 1. The van der Waals surface area contributed by atoms with Crippen molar-refractivity contribution < 1.29 is 4.79 Å². The first-order chi connectivity index (χ1) is 9.24. The zero-order valence-corrected chi connectivity index (χ0v) is 11.1. The zero-order chi connectivity index (χ0) is 13.2. The van der Waals surface area contributed by atoms with Crippen molar-refractivity contribution in [2.45, 2.75) is 32.4 Å². The standard InChI is InChI=1S/C16H18N2O/c1-12-4-2-5-13(10-12)11-18(14-7-8-14)16(19)15-6-3-9-17-15/h2-6,9-10,14,17H,7-8,11H2,1H3. The number of benzene rings is 1. The van der Waals surface area contributed by atoms with Crippen LogP contribution in [-0.2, 0) is 6.54 Å². The minimum Gasteiger partial charge on any atom is -0.357 e. The van der Waals surface area contributed by atoms with Gasteiger partial charge in [-0.05, 0) is 37.5 Å². The number of nitrogens with zero attached hydrogens (tertiary/aromatic N) is 1. The lowest BCUT2D eigenvalue weighted by Gasteiger charge is -2.22. The van der Waals surface area contributed by atoms with Crippen LogP contribution in [0.25, 0.3) is 0 Å². The van der Waals surface area contributed by atoms with Gasteiger partial charge in [0, 0.05) is 18.8 Å². The molecule has 1 aromatic heterocycles. The Kier molecular flexibility index (Phi) is 3.11. The second-order valence-corrected chi connectivity index (χ2v) is 5.24. The van der Waals surface area contributed by atoms with Crippen molar-refractivity contribution in [3.05, 3.63) is 59.4 Å². The van der Waals surface area contributed by atoms with E-state index in [9.17, 15) is 4.79 Å². The fraction of sp³-hybridized carbons (Fsp3) is 0.312. The van der Waals surface area contributed by atoms with Crippen LogP contribution in [0.15, 0.2) is 42.6 Å². The second-order valence-electron chi connectivity index (χ2n) is 5.24. The number of carbonyl (C=O) groups is 1.